The first-order valence-electron chi connectivity index (χ1n) is 5.78. The summed E-state index contributed by atoms with van der Waals surface area (Å²) in [4.78, 5) is 11.4. The van der Waals surface area contributed by atoms with E-state index < -0.39 is 17.8 Å². The number of nitrogen functional groups attached to an aromatic ring is 1. The maximum Gasteiger partial charge on any atom is 0.337 e. The summed E-state index contributed by atoms with van der Waals surface area (Å²) in [6.45, 7) is 2.94. The van der Waals surface area contributed by atoms with Crippen molar-refractivity contribution in [3.8, 4) is 0 Å². The fourth-order valence-electron chi connectivity index (χ4n) is 1.35. The van der Waals surface area contributed by atoms with E-state index in [0.29, 0.717) is 16.9 Å². The molecule has 0 aromatic heterocycles. The van der Waals surface area contributed by atoms with Crippen LogP contribution in [0.15, 0.2) is 18.2 Å². The van der Waals surface area contributed by atoms with Gasteiger partial charge in [0.25, 0.3) is 0 Å². The molecule has 0 heterocycles. The fraction of sp³-hybridized carbons (Fsp3) is 0.462. The molecule has 0 atom stereocenters. The van der Waals surface area contributed by atoms with Crippen molar-refractivity contribution >= 4 is 17.3 Å². The number of nitrogens with two attached hydrogens (primary N) is 1. The van der Waals surface area contributed by atoms with Crippen molar-refractivity contribution in [1.82, 2.24) is 0 Å². The quantitative estimate of drug-likeness (QED) is 0.639. The van der Waals surface area contributed by atoms with Gasteiger partial charge in [-0.25, -0.2) is 13.6 Å². The first-order chi connectivity index (χ1) is 8.77. The molecule has 1 aromatic carbocycles. The predicted octanol–water partition coefficient (Wildman–Crippen LogP) is 2.76. The average Bonchev–Trinajstić information content (AvgIpc) is 2.36. The third-order valence-corrected chi connectivity index (χ3v) is 2.80. The smallest absolute Gasteiger partial charge is 0.337 e. The van der Waals surface area contributed by atoms with Gasteiger partial charge in [0, 0.05) is 12.0 Å². The van der Waals surface area contributed by atoms with E-state index in [1.807, 2.05) is 0 Å². The lowest BCUT2D eigenvalue weighted by Crippen LogP contribution is -2.30. The second-order valence-corrected chi connectivity index (χ2v) is 4.94. The molecule has 0 spiro atoms. The zero-order valence-corrected chi connectivity index (χ0v) is 11.2. The van der Waals surface area contributed by atoms with E-state index in [1.165, 1.54) is 39.2 Å². The number of hydrogen-bond donors (Lipinski definition) is 2. The van der Waals surface area contributed by atoms with Crippen LogP contribution in [-0.2, 0) is 4.74 Å². The molecule has 0 radical (unpaired) electrons. The first-order valence-corrected chi connectivity index (χ1v) is 5.78. The van der Waals surface area contributed by atoms with Crippen molar-refractivity contribution in [1.29, 1.82) is 0 Å². The number of anilines is 2. The van der Waals surface area contributed by atoms with E-state index in [-0.39, 0.29) is 6.54 Å². The zero-order chi connectivity index (χ0) is 14.6. The molecule has 6 heteroatoms. The van der Waals surface area contributed by atoms with E-state index >= 15 is 0 Å². The van der Waals surface area contributed by atoms with Gasteiger partial charge in [0.15, 0.2) is 0 Å². The third kappa shape index (κ3) is 3.81. The Balaban J connectivity index is 2.86. The minimum atomic E-state index is -2.45. The molecule has 0 amide bonds. The van der Waals surface area contributed by atoms with Gasteiger partial charge in [-0.2, -0.15) is 0 Å². The zero-order valence-electron chi connectivity index (χ0n) is 11.2. The van der Waals surface area contributed by atoms with Crippen molar-refractivity contribution in [2.24, 2.45) is 5.41 Å². The maximum absolute atomic E-state index is 12.7. The highest BCUT2D eigenvalue weighted by atomic mass is 19.3. The van der Waals surface area contributed by atoms with Gasteiger partial charge >= 0.3 is 5.97 Å². The standard InChI is InChI=1S/C13H18F2N2O2/c1-13(2,12(14)15)7-17-10-6-8(11(18)19-3)4-5-9(10)16/h4-6,12,17H,7,16H2,1-3H3. The number of ether oxygens (including phenoxy) is 1. The van der Waals surface area contributed by atoms with Gasteiger partial charge in [0.1, 0.15) is 0 Å². The Labute approximate surface area is 110 Å². The number of nitrogens with one attached hydrogen (secondary N) is 1. The Hall–Kier alpha value is -1.85. The predicted molar refractivity (Wildman–Crippen MR) is 70.5 cm³/mol. The highest BCUT2D eigenvalue weighted by Crippen LogP contribution is 2.27. The average molecular weight is 272 g/mol. The molecule has 0 saturated heterocycles. The first kappa shape index (κ1) is 15.2. The summed E-state index contributed by atoms with van der Waals surface area (Å²) >= 11 is 0. The summed E-state index contributed by atoms with van der Waals surface area (Å²) in [5, 5.41) is 2.84. The van der Waals surface area contributed by atoms with Gasteiger partial charge in [0.05, 0.1) is 24.0 Å². The van der Waals surface area contributed by atoms with Crippen molar-refractivity contribution in [2.75, 3.05) is 24.7 Å². The molecule has 0 bridgehead atoms. The van der Waals surface area contributed by atoms with Crippen LogP contribution >= 0.6 is 0 Å². The molecular weight excluding hydrogens is 254 g/mol. The van der Waals surface area contributed by atoms with Gasteiger partial charge in [0.2, 0.25) is 6.43 Å². The second-order valence-electron chi connectivity index (χ2n) is 4.94. The van der Waals surface area contributed by atoms with E-state index in [2.05, 4.69) is 10.1 Å². The normalized spacial score (nSPS) is 11.5. The van der Waals surface area contributed by atoms with Crippen LogP contribution in [0.4, 0.5) is 20.2 Å². The van der Waals surface area contributed by atoms with Crippen LogP contribution < -0.4 is 11.1 Å². The Morgan fingerprint density at radius 2 is 2.11 bits per heavy atom. The van der Waals surface area contributed by atoms with E-state index in [9.17, 15) is 13.6 Å². The SMILES string of the molecule is COC(=O)c1ccc(N)c(NCC(C)(C)C(F)F)c1. The lowest BCUT2D eigenvalue weighted by atomic mass is 9.94. The van der Waals surface area contributed by atoms with Gasteiger partial charge in [-0.15, -0.1) is 0 Å². The molecule has 0 saturated carbocycles. The molecule has 4 nitrogen and oxygen atoms in total. The van der Waals surface area contributed by atoms with Crippen LogP contribution in [-0.4, -0.2) is 26.0 Å². The van der Waals surface area contributed by atoms with Crippen LogP contribution in [0.1, 0.15) is 24.2 Å². The molecule has 19 heavy (non-hydrogen) atoms. The molecular formula is C13H18F2N2O2. The van der Waals surface area contributed by atoms with Crippen LogP contribution in [0.2, 0.25) is 0 Å². The minimum absolute atomic E-state index is 0.0412. The van der Waals surface area contributed by atoms with Gasteiger partial charge in [-0.3, -0.25) is 0 Å². The summed E-state index contributed by atoms with van der Waals surface area (Å²) in [5.41, 5.74) is 5.69. The van der Waals surface area contributed by atoms with Crippen LogP contribution in [0.3, 0.4) is 0 Å². The van der Waals surface area contributed by atoms with Crippen molar-refractivity contribution < 1.29 is 18.3 Å². The van der Waals surface area contributed by atoms with Crippen molar-refractivity contribution in [3.05, 3.63) is 23.8 Å². The fourth-order valence-corrected chi connectivity index (χ4v) is 1.35. The number of esters is 1. The van der Waals surface area contributed by atoms with Gasteiger partial charge in [-0.05, 0) is 18.2 Å². The second kappa shape index (κ2) is 5.86. The number of benzene rings is 1. The highest BCUT2D eigenvalue weighted by Gasteiger charge is 2.29. The number of alkyl halides is 2. The molecule has 0 fully saturated rings. The number of halogens is 2. The van der Waals surface area contributed by atoms with Crippen LogP contribution in [0.25, 0.3) is 0 Å². The number of carbonyl (C=O) groups is 1. The molecule has 106 valence electrons. The summed E-state index contributed by atoms with van der Waals surface area (Å²) in [6.07, 6.45) is -2.45. The molecule has 0 unspecified atom stereocenters. The van der Waals surface area contributed by atoms with E-state index in [1.54, 1.807) is 0 Å². The van der Waals surface area contributed by atoms with Gasteiger partial charge in [-0.1, -0.05) is 13.8 Å². The summed E-state index contributed by atoms with van der Waals surface area (Å²) in [7, 11) is 1.27. The Bertz CT molecular complexity index is 462. The molecule has 0 aliphatic heterocycles. The number of carbonyl (C=O) groups excluding carboxylic acids is 1. The maximum atomic E-state index is 12.7. The third-order valence-electron chi connectivity index (χ3n) is 2.80. The summed E-state index contributed by atoms with van der Waals surface area (Å²) in [6, 6.07) is 4.54. The largest absolute Gasteiger partial charge is 0.465 e. The number of rotatable bonds is 5. The summed E-state index contributed by atoms with van der Waals surface area (Å²) < 4.78 is 30.1. The Morgan fingerprint density at radius 3 is 2.63 bits per heavy atom. The van der Waals surface area contributed by atoms with Crippen LogP contribution in [0.5, 0.6) is 0 Å². The molecule has 0 aliphatic carbocycles. The molecule has 1 rings (SSSR count). The number of hydrogen-bond acceptors (Lipinski definition) is 4. The molecule has 3 N–H and O–H groups in total. The van der Waals surface area contributed by atoms with Crippen molar-refractivity contribution in [2.45, 2.75) is 20.3 Å². The molecule has 1 aromatic rings. The lowest BCUT2D eigenvalue weighted by Gasteiger charge is -2.24. The lowest BCUT2D eigenvalue weighted by molar-refractivity contribution is 0.0285. The van der Waals surface area contributed by atoms with E-state index in [0.717, 1.165) is 0 Å². The number of methoxy groups -OCH3 is 1. The topological polar surface area (TPSA) is 64.3 Å². The Morgan fingerprint density at radius 1 is 1.47 bits per heavy atom. The Kier molecular flexibility index (Phi) is 4.69. The van der Waals surface area contributed by atoms with Gasteiger partial charge < -0.3 is 15.8 Å². The monoisotopic (exact) mass is 272 g/mol. The van der Waals surface area contributed by atoms with Crippen molar-refractivity contribution in [3.63, 3.8) is 0 Å². The van der Waals surface area contributed by atoms with E-state index in [4.69, 9.17) is 5.73 Å². The molecule has 0 aliphatic rings. The minimum Gasteiger partial charge on any atom is -0.465 e. The summed E-state index contributed by atoms with van der Waals surface area (Å²) in [5.74, 6) is -0.504. The van der Waals surface area contributed by atoms with Crippen LogP contribution in [0, 0.1) is 5.41 Å². The highest BCUT2D eigenvalue weighted by molar-refractivity contribution is 5.91.